The summed E-state index contributed by atoms with van der Waals surface area (Å²) < 4.78 is 25.5. The van der Waals surface area contributed by atoms with E-state index in [1.54, 1.807) is 78.9 Å². The number of para-hydroxylation sites is 1. The molecule has 0 unspecified atom stereocenters. The Labute approximate surface area is 260 Å². The Morgan fingerprint density at radius 2 is 1.65 bits per heavy atom. The summed E-state index contributed by atoms with van der Waals surface area (Å²) in [6.07, 6.45) is 1.50. The standard InChI is InChI=1S/C32H27BrFN3O5S/c1-41-28-13-6-10-21(30(28)42-2)16-27(37-31(39)20-8-4-3-5-9-20)32(40)35-23-11-7-12-24(18-23)43-19-29(38)36-26-15-14-22(33)17-25(26)34/h3-18H,19H2,1-2H3,(H,35,40)(H,36,38)(H,37,39)/b27-16+. The van der Waals surface area contributed by atoms with Gasteiger partial charge in [0.2, 0.25) is 5.91 Å². The van der Waals surface area contributed by atoms with Crippen LogP contribution in [0.5, 0.6) is 11.5 Å². The van der Waals surface area contributed by atoms with Crippen molar-refractivity contribution in [1.82, 2.24) is 5.32 Å². The lowest BCUT2D eigenvalue weighted by Crippen LogP contribution is -2.30. The van der Waals surface area contributed by atoms with Gasteiger partial charge in [0, 0.05) is 26.2 Å². The predicted octanol–water partition coefficient (Wildman–Crippen LogP) is 6.75. The maximum atomic E-state index is 14.1. The van der Waals surface area contributed by atoms with E-state index in [9.17, 15) is 18.8 Å². The molecule has 43 heavy (non-hydrogen) atoms. The minimum absolute atomic E-state index is 0.0147. The van der Waals surface area contributed by atoms with Crippen LogP contribution in [-0.2, 0) is 9.59 Å². The van der Waals surface area contributed by atoms with Crippen LogP contribution in [0.3, 0.4) is 0 Å². The zero-order valence-electron chi connectivity index (χ0n) is 23.2. The molecule has 0 saturated heterocycles. The number of nitrogens with one attached hydrogen (secondary N) is 3. The van der Waals surface area contributed by atoms with Crippen molar-refractivity contribution in [3.05, 3.63) is 118 Å². The molecule has 220 valence electrons. The third kappa shape index (κ3) is 8.69. The summed E-state index contributed by atoms with van der Waals surface area (Å²) in [5.41, 5.74) is 1.37. The van der Waals surface area contributed by atoms with Crippen molar-refractivity contribution in [2.24, 2.45) is 0 Å². The van der Waals surface area contributed by atoms with Gasteiger partial charge in [0.15, 0.2) is 11.5 Å². The minimum atomic E-state index is -0.584. The van der Waals surface area contributed by atoms with Crippen molar-refractivity contribution < 1.29 is 28.2 Å². The molecule has 0 heterocycles. The number of carbonyl (C=O) groups is 3. The lowest BCUT2D eigenvalue weighted by atomic mass is 10.1. The number of methoxy groups -OCH3 is 2. The smallest absolute Gasteiger partial charge is 0.272 e. The Kier molecular flexibility index (Phi) is 11.0. The van der Waals surface area contributed by atoms with E-state index in [2.05, 4.69) is 31.9 Å². The maximum absolute atomic E-state index is 14.1. The topological polar surface area (TPSA) is 106 Å². The number of anilines is 2. The molecule has 0 aliphatic carbocycles. The zero-order chi connectivity index (χ0) is 30.8. The summed E-state index contributed by atoms with van der Waals surface area (Å²) in [4.78, 5) is 39.6. The summed E-state index contributed by atoms with van der Waals surface area (Å²) in [6, 6.07) is 25.0. The molecule has 0 saturated carbocycles. The van der Waals surface area contributed by atoms with Gasteiger partial charge in [-0.3, -0.25) is 14.4 Å². The van der Waals surface area contributed by atoms with Crippen molar-refractivity contribution in [3.63, 3.8) is 0 Å². The van der Waals surface area contributed by atoms with Gasteiger partial charge < -0.3 is 25.4 Å². The third-order valence-corrected chi connectivity index (χ3v) is 7.42. The average Bonchev–Trinajstić information content (AvgIpc) is 3.01. The van der Waals surface area contributed by atoms with Gasteiger partial charge in [0.1, 0.15) is 11.5 Å². The first-order valence-electron chi connectivity index (χ1n) is 12.9. The molecule has 0 fully saturated rings. The van der Waals surface area contributed by atoms with Gasteiger partial charge in [-0.25, -0.2) is 4.39 Å². The maximum Gasteiger partial charge on any atom is 0.272 e. The summed E-state index contributed by atoms with van der Waals surface area (Å²) in [6.45, 7) is 0. The van der Waals surface area contributed by atoms with E-state index < -0.39 is 17.6 Å². The Balaban J connectivity index is 1.51. The largest absolute Gasteiger partial charge is 0.493 e. The molecule has 0 radical (unpaired) electrons. The molecule has 0 aliphatic rings. The summed E-state index contributed by atoms with van der Waals surface area (Å²) in [7, 11) is 2.99. The molecule has 0 atom stereocenters. The Morgan fingerprint density at radius 3 is 2.37 bits per heavy atom. The number of halogens is 2. The Morgan fingerprint density at radius 1 is 0.884 bits per heavy atom. The molecule has 11 heteroatoms. The van der Waals surface area contributed by atoms with Crippen LogP contribution in [-0.4, -0.2) is 37.7 Å². The third-order valence-electron chi connectivity index (χ3n) is 5.93. The van der Waals surface area contributed by atoms with Gasteiger partial charge in [-0.05, 0) is 60.7 Å². The summed E-state index contributed by atoms with van der Waals surface area (Å²) in [5.74, 6) is -1.12. The number of carbonyl (C=O) groups excluding carboxylic acids is 3. The van der Waals surface area contributed by atoms with Crippen molar-refractivity contribution >= 4 is 62.9 Å². The molecule has 0 bridgehead atoms. The molecule has 4 aromatic rings. The molecule has 0 aliphatic heterocycles. The van der Waals surface area contributed by atoms with Crippen molar-refractivity contribution in [2.75, 3.05) is 30.6 Å². The molecule has 0 spiro atoms. The van der Waals surface area contributed by atoms with Gasteiger partial charge in [-0.2, -0.15) is 0 Å². The van der Waals surface area contributed by atoms with E-state index in [4.69, 9.17) is 9.47 Å². The number of thioether (sulfide) groups is 1. The number of benzene rings is 4. The summed E-state index contributed by atoms with van der Waals surface area (Å²) in [5, 5.41) is 8.05. The highest BCUT2D eigenvalue weighted by Crippen LogP contribution is 2.32. The van der Waals surface area contributed by atoms with Crippen molar-refractivity contribution in [1.29, 1.82) is 0 Å². The van der Waals surface area contributed by atoms with E-state index in [1.807, 2.05) is 0 Å². The highest BCUT2D eigenvalue weighted by Gasteiger charge is 2.18. The highest BCUT2D eigenvalue weighted by atomic mass is 79.9. The SMILES string of the molecule is COc1cccc(/C=C(/NC(=O)c2ccccc2)C(=O)Nc2cccc(SCC(=O)Nc3ccc(Br)cc3F)c2)c1OC. The van der Waals surface area contributed by atoms with Crippen LogP contribution in [0, 0.1) is 5.82 Å². The first-order chi connectivity index (χ1) is 20.8. The van der Waals surface area contributed by atoms with Gasteiger partial charge >= 0.3 is 0 Å². The van der Waals surface area contributed by atoms with Gasteiger partial charge in [-0.1, -0.05) is 52.3 Å². The molecule has 3 amide bonds. The normalized spacial score (nSPS) is 10.9. The number of ether oxygens (including phenoxy) is 2. The molecule has 4 rings (SSSR count). The first kappa shape index (κ1) is 31.3. The van der Waals surface area contributed by atoms with E-state index in [-0.39, 0.29) is 23.0 Å². The van der Waals surface area contributed by atoms with Crippen LogP contribution in [0.25, 0.3) is 6.08 Å². The van der Waals surface area contributed by atoms with Crippen LogP contribution in [0.15, 0.2) is 106 Å². The molecule has 3 N–H and O–H groups in total. The van der Waals surface area contributed by atoms with Crippen LogP contribution in [0.4, 0.5) is 15.8 Å². The summed E-state index contributed by atoms with van der Waals surface area (Å²) >= 11 is 4.40. The lowest BCUT2D eigenvalue weighted by Gasteiger charge is -2.14. The first-order valence-corrected chi connectivity index (χ1v) is 14.6. The molecule has 4 aromatic carbocycles. The molecular weight excluding hydrogens is 637 g/mol. The number of amides is 3. The van der Waals surface area contributed by atoms with Gasteiger partial charge in [0.05, 0.1) is 25.7 Å². The van der Waals surface area contributed by atoms with Crippen LogP contribution < -0.4 is 25.4 Å². The zero-order valence-corrected chi connectivity index (χ0v) is 25.6. The predicted molar refractivity (Wildman–Crippen MR) is 170 cm³/mol. The van der Waals surface area contributed by atoms with Gasteiger partial charge in [-0.15, -0.1) is 11.8 Å². The Hall–Kier alpha value is -4.61. The Bertz CT molecular complexity index is 1670. The number of rotatable bonds is 11. The fraction of sp³-hybridized carbons (Fsp3) is 0.0938. The van der Waals surface area contributed by atoms with Gasteiger partial charge in [0.25, 0.3) is 11.8 Å². The van der Waals surface area contributed by atoms with Crippen LogP contribution >= 0.6 is 27.7 Å². The van der Waals surface area contributed by atoms with Crippen molar-refractivity contribution in [3.8, 4) is 11.5 Å². The van der Waals surface area contributed by atoms with E-state index in [1.165, 1.54) is 44.2 Å². The fourth-order valence-corrected chi connectivity index (χ4v) is 5.00. The lowest BCUT2D eigenvalue weighted by molar-refractivity contribution is -0.114. The molecule has 0 aromatic heterocycles. The fourth-order valence-electron chi connectivity index (χ4n) is 3.91. The molecule has 8 nitrogen and oxygen atoms in total. The number of hydrogen-bond donors (Lipinski definition) is 3. The second kappa shape index (κ2) is 15.0. The number of hydrogen-bond acceptors (Lipinski definition) is 6. The minimum Gasteiger partial charge on any atom is -0.493 e. The van der Waals surface area contributed by atoms with Crippen LogP contribution in [0.2, 0.25) is 0 Å². The monoisotopic (exact) mass is 663 g/mol. The second-order valence-electron chi connectivity index (χ2n) is 8.90. The van der Waals surface area contributed by atoms with E-state index >= 15 is 0 Å². The van der Waals surface area contributed by atoms with Crippen LogP contribution in [0.1, 0.15) is 15.9 Å². The highest BCUT2D eigenvalue weighted by molar-refractivity contribution is 9.10. The van der Waals surface area contributed by atoms with E-state index in [0.717, 1.165) is 0 Å². The van der Waals surface area contributed by atoms with E-state index in [0.29, 0.717) is 37.7 Å². The second-order valence-corrected chi connectivity index (χ2v) is 10.9. The molecular formula is C32H27BrFN3O5S. The average molecular weight is 665 g/mol. The quantitative estimate of drug-likeness (QED) is 0.121. The van der Waals surface area contributed by atoms with Crippen molar-refractivity contribution in [2.45, 2.75) is 4.90 Å².